The number of nitrogens with zero attached hydrogens (tertiary/aromatic N) is 2. The summed E-state index contributed by atoms with van der Waals surface area (Å²) in [5, 5.41) is 2.97. The van der Waals surface area contributed by atoms with Crippen LogP contribution < -0.4 is 20.3 Å². The van der Waals surface area contributed by atoms with Gasteiger partial charge in [-0.1, -0.05) is 18.2 Å². The van der Waals surface area contributed by atoms with Gasteiger partial charge < -0.3 is 19.5 Å². The molecule has 3 heterocycles. The van der Waals surface area contributed by atoms with E-state index in [2.05, 4.69) is 10.3 Å². The van der Waals surface area contributed by atoms with Crippen molar-refractivity contribution in [2.75, 3.05) is 18.5 Å². The first kappa shape index (κ1) is 25.2. The smallest absolute Gasteiger partial charge is 0.348 e. The summed E-state index contributed by atoms with van der Waals surface area (Å²) >= 11 is 1.06. The summed E-state index contributed by atoms with van der Waals surface area (Å²) < 4.78 is 17.6. The Labute approximate surface area is 220 Å². The molecule has 4 aromatic rings. The Bertz CT molecular complexity index is 1610. The number of esters is 1. The molecule has 38 heavy (non-hydrogen) atoms. The highest BCUT2D eigenvalue weighted by Gasteiger charge is 2.25. The summed E-state index contributed by atoms with van der Waals surface area (Å²) in [5.41, 5.74) is 0.706. The first-order valence-electron chi connectivity index (χ1n) is 11.8. The normalized spacial score (nSPS) is 14.4. The van der Waals surface area contributed by atoms with Crippen LogP contribution in [0.1, 0.15) is 32.5 Å². The third kappa shape index (κ3) is 5.00. The molecule has 0 aliphatic carbocycles. The van der Waals surface area contributed by atoms with Crippen LogP contribution in [0.5, 0.6) is 11.5 Å². The number of hydrogen-bond donors (Lipinski definition) is 1. The number of hydrogen-bond acceptors (Lipinski definition) is 9. The van der Waals surface area contributed by atoms with Crippen LogP contribution in [0, 0.1) is 6.92 Å². The molecule has 1 aliphatic rings. The lowest BCUT2D eigenvalue weighted by Gasteiger charge is -2.23. The number of Topliss-reactive ketones (excluding diaryl/α,β-unsaturated/α-hetero) is 1. The average molecular weight is 534 g/mol. The fraction of sp³-hybridized carbons (Fsp3) is 0.222. The molecule has 1 unspecified atom stereocenters. The molecule has 0 bridgehead atoms. The number of ether oxygens (including phenoxy) is 3. The van der Waals surface area contributed by atoms with Gasteiger partial charge in [0, 0.05) is 5.56 Å². The van der Waals surface area contributed by atoms with Crippen molar-refractivity contribution in [2.24, 2.45) is 0 Å². The monoisotopic (exact) mass is 533 g/mol. The second-order valence-corrected chi connectivity index (χ2v) is 9.59. The number of para-hydroxylation sites is 1. The van der Waals surface area contributed by atoms with Gasteiger partial charge in [0.1, 0.15) is 34.4 Å². The molecule has 0 radical (unpaired) electrons. The standard InChI is InChI=1S/C27H23N3O7S/c1-15-22-25(38-23(15)27(34)36-11-10-35-18-6-4-3-5-7-18)28-14-30(26(22)33)13-20(31)17-8-9-21-19(12-17)29-24(32)16(2)37-21/h3-9,12,14,16H,10-11,13H2,1-2H3,(H,29,32). The maximum absolute atomic E-state index is 13.2. The van der Waals surface area contributed by atoms with Crippen LogP contribution in [0.3, 0.4) is 0 Å². The number of nitrogens with one attached hydrogen (secondary N) is 1. The van der Waals surface area contributed by atoms with E-state index in [0.29, 0.717) is 33.1 Å². The number of carbonyl (C=O) groups is 3. The Morgan fingerprint density at radius 2 is 1.92 bits per heavy atom. The maximum atomic E-state index is 13.2. The second-order valence-electron chi connectivity index (χ2n) is 8.59. The first-order chi connectivity index (χ1) is 18.3. The summed E-state index contributed by atoms with van der Waals surface area (Å²) in [6.45, 7) is 3.24. The summed E-state index contributed by atoms with van der Waals surface area (Å²) in [6, 6.07) is 13.9. The lowest BCUT2D eigenvalue weighted by atomic mass is 10.1. The molecule has 2 aromatic carbocycles. The van der Waals surface area contributed by atoms with Gasteiger partial charge in [0.25, 0.3) is 11.5 Å². The lowest BCUT2D eigenvalue weighted by molar-refractivity contribution is -0.122. The molecule has 5 rings (SSSR count). The summed E-state index contributed by atoms with van der Waals surface area (Å²) in [7, 11) is 0. The van der Waals surface area contributed by atoms with Gasteiger partial charge in [-0.05, 0) is 49.7 Å². The third-order valence-electron chi connectivity index (χ3n) is 5.98. The molecule has 1 N–H and O–H groups in total. The zero-order chi connectivity index (χ0) is 26.8. The van der Waals surface area contributed by atoms with E-state index in [0.717, 1.165) is 11.3 Å². The van der Waals surface area contributed by atoms with E-state index in [-0.39, 0.29) is 41.7 Å². The summed E-state index contributed by atoms with van der Waals surface area (Å²) in [5.74, 6) is -0.0940. The molecule has 0 saturated heterocycles. The van der Waals surface area contributed by atoms with Crippen molar-refractivity contribution in [3.05, 3.63) is 81.2 Å². The zero-order valence-electron chi connectivity index (χ0n) is 20.6. The number of anilines is 1. The number of benzene rings is 2. The number of thiophene rings is 1. The Kier molecular flexibility index (Phi) is 6.93. The minimum atomic E-state index is -0.626. The van der Waals surface area contributed by atoms with Crippen LogP contribution in [0.15, 0.2) is 59.7 Å². The predicted molar refractivity (Wildman–Crippen MR) is 140 cm³/mol. The van der Waals surface area contributed by atoms with Crippen molar-refractivity contribution in [3.8, 4) is 11.5 Å². The number of aryl methyl sites for hydroxylation is 1. The highest BCUT2D eigenvalue weighted by atomic mass is 32.1. The first-order valence-corrected chi connectivity index (χ1v) is 12.6. The van der Waals surface area contributed by atoms with Gasteiger partial charge in [0.2, 0.25) is 0 Å². The molecule has 1 aliphatic heterocycles. The van der Waals surface area contributed by atoms with Crippen molar-refractivity contribution < 1.29 is 28.6 Å². The van der Waals surface area contributed by atoms with Crippen molar-refractivity contribution in [3.63, 3.8) is 0 Å². The van der Waals surface area contributed by atoms with Gasteiger partial charge in [0.05, 0.1) is 23.9 Å². The van der Waals surface area contributed by atoms with Gasteiger partial charge in [-0.3, -0.25) is 19.0 Å². The molecule has 1 atom stereocenters. The zero-order valence-corrected chi connectivity index (χ0v) is 21.4. The predicted octanol–water partition coefficient (Wildman–Crippen LogP) is 3.60. The Balaban J connectivity index is 1.29. The second kappa shape index (κ2) is 10.5. The fourth-order valence-corrected chi connectivity index (χ4v) is 5.00. The third-order valence-corrected chi connectivity index (χ3v) is 7.16. The number of ketones is 1. The van der Waals surface area contributed by atoms with E-state index in [9.17, 15) is 19.2 Å². The molecule has 0 fully saturated rings. The minimum Gasteiger partial charge on any atom is -0.490 e. The molecule has 0 spiro atoms. The van der Waals surface area contributed by atoms with Gasteiger partial charge in [-0.2, -0.15) is 0 Å². The van der Waals surface area contributed by atoms with Gasteiger partial charge in [-0.25, -0.2) is 9.78 Å². The van der Waals surface area contributed by atoms with Crippen LogP contribution >= 0.6 is 11.3 Å². The quantitative estimate of drug-likeness (QED) is 0.207. The fourth-order valence-electron chi connectivity index (χ4n) is 3.97. The average Bonchev–Trinajstić information content (AvgIpc) is 3.26. The SMILES string of the molecule is Cc1c(C(=O)OCCOc2ccccc2)sc2ncn(CC(=O)c3ccc4c(c3)NC(=O)C(C)O4)c(=O)c12. The number of aromatic nitrogens is 2. The number of carbonyl (C=O) groups excluding carboxylic acids is 3. The van der Waals surface area contributed by atoms with Crippen LogP contribution in [0.2, 0.25) is 0 Å². The van der Waals surface area contributed by atoms with E-state index < -0.39 is 17.6 Å². The molecule has 1 amide bonds. The largest absolute Gasteiger partial charge is 0.490 e. The highest BCUT2D eigenvalue weighted by Crippen LogP contribution is 2.31. The highest BCUT2D eigenvalue weighted by molar-refractivity contribution is 7.20. The number of amides is 1. The van der Waals surface area contributed by atoms with Crippen molar-refractivity contribution >= 4 is 44.9 Å². The van der Waals surface area contributed by atoms with Crippen LogP contribution in [-0.4, -0.2) is 46.5 Å². The van der Waals surface area contributed by atoms with Crippen molar-refractivity contribution in [1.82, 2.24) is 9.55 Å². The molecule has 10 nitrogen and oxygen atoms in total. The number of fused-ring (bicyclic) bond motifs is 2. The van der Waals surface area contributed by atoms with Gasteiger partial charge in [0.15, 0.2) is 11.9 Å². The topological polar surface area (TPSA) is 126 Å². The van der Waals surface area contributed by atoms with Crippen molar-refractivity contribution in [2.45, 2.75) is 26.5 Å². The van der Waals surface area contributed by atoms with Gasteiger partial charge >= 0.3 is 5.97 Å². The Morgan fingerprint density at radius 1 is 1.13 bits per heavy atom. The molecule has 194 valence electrons. The molecular weight excluding hydrogens is 510 g/mol. The van der Waals surface area contributed by atoms with E-state index >= 15 is 0 Å². The van der Waals surface area contributed by atoms with Crippen LogP contribution in [-0.2, 0) is 16.1 Å². The lowest BCUT2D eigenvalue weighted by Crippen LogP contribution is -2.34. The summed E-state index contributed by atoms with van der Waals surface area (Å²) in [6.07, 6.45) is 0.658. The molecule has 0 saturated carbocycles. The molecule has 11 heteroatoms. The molecule has 2 aromatic heterocycles. The Morgan fingerprint density at radius 3 is 2.71 bits per heavy atom. The van der Waals surface area contributed by atoms with E-state index in [4.69, 9.17) is 14.2 Å². The van der Waals surface area contributed by atoms with E-state index in [1.165, 1.54) is 17.0 Å². The van der Waals surface area contributed by atoms with E-state index in [1.807, 2.05) is 18.2 Å². The maximum Gasteiger partial charge on any atom is 0.348 e. The summed E-state index contributed by atoms with van der Waals surface area (Å²) in [4.78, 5) is 55.7. The van der Waals surface area contributed by atoms with E-state index in [1.54, 1.807) is 38.1 Å². The minimum absolute atomic E-state index is 0.0404. The van der Waals surface area contributed by atoms with Crippen LogP contribution in [0.4, 0.5) is 5.69 Å². The van der Waals surface area contributed by atoms with Gasteiger partial charge in [-0.15, -0.1) is 11.3 Å². The number of rotatable bonds is 8. The Hall–Kier alpha value is -4.51. The van der Waals surface area contributed by atoms with Crippen molar-refractivity contribution in [1.29, 1.82) is 0 Å². The van der Waals surface area contributed by atoms with Crippen LogP contribution in [0.25, 0.3) is 10.2 Å². The molecular formula is C27H23N3O7S.